The van der Waals surface area contributed by atoms with Gasteiger partial charge in [0.25, 0.3) is 10.1 Å². The Bertz CT molecular complexity index is 560. The van der Waals surface area contributed by atoms with E-state index in [9.17, 15) is 8.42 Å². The van der Waals surface area contributed by atoms with Gasteiger partial charge in [0.15, 0.2) is 5.76 Å². The Balaban J connectivity index is 2.53. The van der Waals surface area contributed by atoms with Crippen molar-refractivity contribution in [3.8, 4) is 11.3 Å². The molecule has 78 valence electrons. The van der Waals surface area contributed by atoms with Gasteiger partial charge in [0.05, 0.1) is 11.1 Å². The molecule has 15 heavy (non-hydrogen) atoms. The van der Waals surface area contributed by atoms with Gasteiger partial charge >= 0.3 is 0 Å². The summed E-state index contributed by atoms with van der Waals surface area (Å²) >= 11 is 0. The Morgan fingerprint density at radius 1 is 1.27 bits per heavy atom. The minimum Gasteiger partial charge on any atom is -0.356 e. The van der Waals surface area contributed by atoms with Gasteiger partial charge in [-0.3, -0.25) is 4.55 Å². The maximum Gasteiger partial charge on any atom is 0.294 e. The summed E-state index contributed by atoms with van der Waals surface area (Å²) in [5, 5.41) is 3.50. The lowest BCUT2D eigenvalue weighted by molar-refractivity contribution is 0.432. The lowest BCUT2D eigenvalue weighted by atomic mass is 10.2. The number of rotatable bonds is 2. The third kappa shape index (κ3) is 2.05. The van der Waals surface area contributed by atoms with E-state index in [0.29, 0.717) is 11.3 Å². The molecule has 2 rings (SSSR count). The highest BCUT2D eigenvalue weighted by molar-refractivity contribution is 7.85. The molecule has 0 unspecified atom stereocenters. The van der Waals surface area contributed by atoms with Gasteiger partial charge in [0, 0.05) is 11.6 Å². The molecule has 0 amide bonds. The molecule has 0 spiro atoms. The van der Waals surface area contributed by atoms with Gasteiger partial charge in [0.2, 0.25) is 0 Å². The summed E-state index contributed by atoms with van der Waals surface area (Å²) in [5.41, 5.74) is 0.544. The smallest absolute Gasteiger partial charge is 0.294 e. The highest BCUT2D eigenvalue weighted by Crippen LogP contribution is 2.21. The zero-order valence-electron chi connectivity index (χ0n) is 7.49. The van der Waals surface area contributed by atoms with Crippen LogP contribution in [0.25, 0.3) is 11.3 Å². The SMILES string of the molecule is O=S(=O)(O)c1cccc(-c2ccno2)c1. The average molecular weight is 225 g/mol. The fourth-order valence-electron chi connectivity index (χ4n) is 1.17. The minimum absolute atomic E-state index is 0.170. The Morgan fingerprint density at radius 2 is 2.07 bits per heavy atom. The summed E-state index contributed by atoms with van der Waals surface area (Å²) < 4.78 is 35.4. The second-order valence-corrected chi connectivity index (χ2v) is 4.30. The summed E-state index contributed by atoms with van der Waals surface area (Å²) in [6.07, 6.45) is 1.45. The Hall–Kier alpha value is -1.66. The Labute approximate surface area is 86.1 Å². The van der Waals surface area contributed by atoms with Crippen LogP contribution in [0.4, 0.5) is 0 Å². The van der Waals surface area contributed by atoms with E-state index in [1.165, 1.54) is 24.4 Å². The van der Waals surface area contributed by atoms with Crippen molar-refractivity contribution in [1.82, 2.24) is 5.16 Å². The van der Waals surface area contributed by atoms with Crippen LogP contribution in [0.5, 0.6) is 0 Å². The molecule has 6 heteroatoms. The van der Waals surface area contributed by atoms with Gasteiger partial charge in [0.1, 0.15) is 0 Å². The molecule has 1 aromatic carbocycles. The van der Waals surface area contributed by atoms with Gasteiger partial charge in [-0.05, 0) is 12.1 Å². The number of aromatic nitrogens is 1. The lowest BCUT2D eigenvalue weighted by Gasteiger charge is -1.99. The summed E-state index contributed by atoms with van der Waals surface area (Å²) in [7, 11) is -4.18. The molecule has 1 aromatic heterocycles. The van der Waals surface area contributed by atoms with Gasteiger partial charge in [-0.15, -0.1) is 0 Å². The summed E-state index contributed by atoms with van der Waals surface area (Å²) in [6.45, 7) is 0. The predicted molar refractivity (Wildman–Crippen MR) is 51.8 cm³/mol. The number of hydrogen-bond donors (Lipinski definition) is 1. The number of benzene rings is 1. The van der Waals surface area contributed by atoms with Gasteiger partial charge in [-0.25, -0.2) is 0 Å². The summed E-state index contributed by atoms with van der Waals surface area (Å²) in [4.78, 5) is -0.170. The first-order valence-corrected chi connectivity index (χ1v) is 5.50. The normalized spacial score (nSPS) is 11.5. The fourth-order valence-corrected chi connectivity index (χ4v) is 1.70. The monoisotopic (exact) mass is 225 g/mol. The fraction of sp³-hybridized carbons (Fsp3) is 0. The van der Waals surface area contributed by atoms with Crippen LogP contribution >= 0.6 is 0 Å². The maximum atomic E-state index is 10.9. The predicted octanol–water partition coefficient (Wildman–Crippen LogP) is 1.59. The molecule has 0 fully saturated rings. The standard InChI is InChI=1S/C9H7NO4S/c11-15(12,13)8-3-1-2-7(6-8)9-4-5-10-14-9/h1-6H,(H,11,12,13). The zero-order valence-corrected chi connectivity index (χ0v) is 8.31. The van der Waals surface area contributed by atoms with Crippen LogP contribution in [-0.2, 0) is 10.1 Å². The van der Waals surface area contributed by atoms with E-state index in [4.69, 9.17) is 9.08 Å². The molecule has 0 aliphatic heterocycles. The molecule has 0 saturated heterocycles. The third-order valence-electron chi connectivity index (χ3n) is 1.85. The third-order valence-corrected chi connectivity index (χ3v) is 2.70. The second kappa shape index (κ2) is 3.48. The van der Waals surface area contributed by atoms with Crippen LogP contribution in [0.15, 0.2) is 45.9 Å². The van der Waals surface area contributed by atoms with Gasteiger partial charge in [-0.2, -0.15) is 8.42 Å². The average Bonchev–Trinajstić information content (AvgIpc) is 2.69. The molecule has 2 aromatic rings. The van der Waals surface area contributed by atoms with Crippen molar-refractivity contribution in [1.29, 1.82) is 0 Å². The van der Waals surface area contributed by atoms with Crippen LogP contribution in [0, 0.1) is 0 Å². The minimum atomic E-state index is -4.18. The molecule has 0 radical (unpaired) electrons. The number of nitrogens with zero attached hydrogens (tertiary/aromatic N) is 1. The van der Waals surface area contributed by atoms with Crippen LogP contribution in [0.3, 0.4) is 0 Å². The first-order chi connectivity index (χ1) is 7.07. The molecule has 0 saturated carbocycles. The van der Waals surface area contributed by atoms with E-state index in [-0.39, 0.29) is 4.90 Å². The Kier molecular flexibility index (Phi) is 2.29. The molecule has 0 aliphatic carbocycles. The zero-order chi connectivity index (χ0) is 10.9. The van der Waals surface area contributed by atoms with Crippen LogP contribution in [-0.4, -0.2) is 18.1 Å². The van der Waals surface area contributed by atoms with E-state index in [1.54, 1.807) is 12.1 Å². The van der Waals surface area contributed by atoms with Gasteiger partial charge < -0.3 is 4.52 Å². The molecule has 1 heterocycles. The lowest BCUT2D eigenvalue weighted by Crippen LogP contribution is -1.97. The molecular formula is C9H7NO4S. The molecule has 0 aliphatic rings. The van der Waals surface area contributed by atoms with Crippen molar-refractivity contribution in [2.45, 2.75) is 4.90 Å². The van der Waals surface area contributed by atoms with Crippen LogP contribution in [0.1, 0.15) is 0 Å². The van der Waals surface area contributed by atoms with Gasteiger partial charge in [-0.1, -0.05) is 17.3 Å². The van der Waals surface area contributed by atoms with Crippen LogP contribution < -0.4 is 0 Å². The van der Waals surface area contributed by atoms with Crippen molar-refractivity contribution < 1.29 is 17.5 Å². The largest absolute Gasteiger partial charge is 0.356 e. The van der Waals surface area contributed by atoms with E-state index >= 15 is 0 Å². The first-order valence-electron chi connectivity index (χ1n) is 4.06. The Morgan fingerprint density at radius 3 is 2.67 bits per heavy atom. The summed E-state index contributed by atoms with van der Waals surface area (Å²) in [5.74, 6) is 0.445. The maximum absolute atomic E-state index is 10.9. The molecule has 0 bridgehead atoms. The summed E-state index contributed by atoms with van der Waals surface area (Å²) in [6, 6.07) is 7.39. The van der Waals surface area contributed by atoms with Crippen molar-refractivity contribution in [3.63, 3.8) is 0 Å². The quantitative estimate of drug-likeness (QED) is 0.785. The highest BCUT2D eigenvalue weighted by Gasteiger charge is 2.11. The first kappa shape index (κ1) is 9.88. The van der Waals surface area contributed by atoms with Crippen molar-refractivity contribution in [3.05, 3.63) is 36.5 Å². The second-order valence-electron chi connectivity index (χ2n) is 2.88. The number of hydrogen-bond acceptors (Lipinski definition) is 4. The van der Waals surface area contributed by atoms with Crippen molar-refractivity contribution in [2.75, 3.05) is 0 Å². The van der Waals surface area contributed by atoms with E-state index in [1.807, 2.05) is 0 Å². The van der Waals surface area contributed by atoms with Crippen LogP contribution in [0.2, 0.25) is 0 Å². The van der Waals surface area contributed by atoms with E-state index in [2.05, 4.69) is 5.16 Å². The highest BCUT2D eigenvalue weighted by atomic mass is 32.2. The molecular weight excluding hydrogens is 218 g/mol. The van der Waals surface area contributed by atoms with E-state index in [0.717, 1.165) is 0 Å². The molecule has 1 N–H and O–H groups in total. The topological polar surface area (TPSA) is 80.4 Å². The van der Waals surface area contributed by atoms with E-state index < -0.39 is 10.1 Å². The van der Waals surface area contributed by atoms with Crippen molar-refractivity contribution in [2.24, 2.45) is 0 Å². The van der Waals surface area contributed by atoms with Crippen molar-refractivity contribution >= 4 is 10.1 Å². The molecule has 0 atom stereocenters. The molecule has 5 nitrogen and oxygen atoms in total.